The molecule has 0 aliphatic heterocycles. The Balaban J connectivity index is 3.17. The second kappa shape index (κ2) is 3.04. The van der Waals surface area contributed by atoms with Gasteiger partial charge < -0.3 is 9.84 Å². The molecule has 0 amide bonds. The molecule has 1 heterocycles. The van der Waals surface area contributed by atoms with Crippen molar-refractivity contribution in [2.75, 3.05) is 7.11 Å². The van der Waals surface area contributed by atoms with Crippen LogP contribution in [0.3, 0.4) is 0 Å². The summed E-state index contributed by atoms with van der Waals surface area (Å²) >= 11 is 0. The summed E-state index contributed by atoms with van der Waals surface area (Å²) in [6.45, 7) is 0. The SMILES string of the molecule is COc1cc([N+](=O)[O-])c(O)cn1. The van der Waals surface area contributed by atoms with Gasteiger partial charge in [-0.05, 0) is 0 Å². The normalized spacial score (nSPS) is 9.42. The second-order valence-electron chi connectivity index (χ2n) is 1.97. The van der Waals surface area contributed by atoms with Crippen LogP contribution in [-0.4, -0.2) is 22.1 Å². The summed E-state index contributed by atoms with van der Waals surface area (Å²) in [5, 5.41) is 19.2. The van der Waals surface area contributed by atoms with Gasteiger partial charge in [0, 0.05) is 0 Å². The Morgan fingerprint density at radius 2 is 2.42 bits per heavy atom. The molecule has 0 spiro atoms. The van der Waals surface area contributed by atoms with Gasteiger partial charge >= 0.3 is 5.69 Å². The molecule has 1 rings (SSSR count). The zero-order valence-corrected chi connectivity index (χ0v) is 6.22. The fourth-order valence-corrected chi connectivity index (χ4v) is 0.677. The molecule has 0 fully saturated rings. The number of methoxy groups -OCH3 is 1. The fraction of sp³-hybridized carbons (Fsp3) is 0.167. The lowest BCUT2D eigenvalue weighted by atomic mass is 10.4. The van der Waals surface area contributed by atoms with Crippen LogP contribution in [-0.2, 0) is 0 Å². The van der Waals surface area contributed by atoms with Gasteiger partial charge in [-0.15, -0.1) is 0 Å². The average molecular weight is 170 g/mol. The van der Waals surface area contributed by atoms with Crippen LogP contribution in [0.4, 0.5) is 5.69 Å². The van der Waals surface area contributed by atoms with E-state index in [0.29, 0.717) is 0 Å². The number of hydrogen-bond donors (Lipinski definition) is 1. The molecule has 64 valence electrons. The first-order chi connectivity index (χ1) is 5.65. The van der Waals surface area contributed by atoms with E-state index in [1.165, 1.54) is 7.11 Å². The molecule has 1 aromatic heterocycles. The molecule has 0 bridgehead atoms. The molecule has 0 unspecified atom stereocenters. The maximum atomic E-state index is 10.3. The molecule has 0 aliphatic carbocycles. The van der Waals surface area contributed by atoms with Gasteiger partial charge in [-0.1, -0.05) is 0 Å². The van der Waals surface area contributed by atoms with E-state index < -0.39 is 16.4 Å². The van der Waals surface area contributed by atoms with Gasteiger partial charge in [-0.25, -0.2) is 4.98 Å². The molecule has 1 aromatic rings. The third kappa shape index (κ3) is 1.42. The number of nitrogens with zero attached hydrogens (tertiary/aromatic N) is 2. The van der Waals surface area contributed by atoms with Gasteiger partial charge in [0.05, 0.1) is 24.3 Å². The van der Waals surface area contributed by atoms with Crippen LogP contribution in [0.5, 0.6) is 11.6 Å². The number of hydrogen-bond acceptors (Lipinski definition) is 5. The standard InChI is InChI=1S/C6H6N2O4/c1-12-6-2-4(8(10)11)5(9)3-7-6/h2-3,9H,1H3. The predicted octanol–water partition coefficient (Wildman–Crippen LogP) is 0.704. The highest BCUT2D eigenvalue weighted by atomic mass is 16.6. The average Bonchev–Trinajstić information content (AvgIpc) is 2.05. The maximum absolute atomic E-state index is 10.3. The summed E-state index contributed by atoms with van der Waals surface area (Å²) in [7, 11) is 1.34. The lowest BCUT2D eigenvalue weighted by molar-refractivity contribution is -0.386. The van der Waals surface area contributed by atoms with Gasteiger partial charge in [0.15, 0.2) is 0 Å². The van der Waals surface area contributed by atoms with Crippen LogP contribution < -0.4 is 4.74 Å². The van der Waals surface area contributed by atoms with Crippen molar-refractivity contribution in [3.05, 3.63) is 22.4 Å². The van der Waals surface area contributed by atoms with Crippen molar-refractivity contribution in [2.45, 2.75) is 0 Å². The molecule has 0 aliphatic rings. The molecule has 0 aromatic carbocycles. The molecular formula is C6H6N2O4. The third-order valence-corrected chi connectivity index (χ3v) is 1.24. The Morgan fingerprint density at radius 3 is 2.92 bits per heavy atom. The van der Waals surface area contributed by atoms with Crippen molar-refractivity contribution >= 4 is 5.69 Å². The highest BCUT2D eigenvalue weighted by molar-refractivity contribution is 5.45. The zero-order valence-electron chi connectivity index (χ0n) is 6.22. The third-order valence-electron chi connectivity index (χ3n) is 1.24. The minimum atomic E-state index is -0.709. The fourth-order valence-electron chi connectivity index (χ4n) is 0.677. The maximum Gasteiger partial charge on any atom is 0.317 e. The van der Waals surface area contributed by atoms with E-state index in [1.807, 2.05) is 0 Å². The Labute approximate surface area is 67.6 Å². The number of aromatic hydroxyl groups is 1. The van der Waals surface area contributed by atoms with Crippen molar-refractivity contribution in [1.82, 2.24) is 4.98 Å². The van der Waals surface area contributed by atoms with E-state index in [1.54, 1.807) is 0 Å². The summed E-state index contributed by atoms with van der Waals surface area (Å²) in [6, 6.07) is 1.05. The molecule has 1 N–H and O–H groups in total. The number of ether oxygens (including phenoxy) is 1. The van der Waals surface area contributed by atoms with Crippen molar-refractivity contribution in [3.63, 3.8) is 0 Å². The van der Waals surface area contributed by atoms with Crippen LogP contribution in [0, 0.1) is 10.1 Å². The van der Waals surface area contributed by atoms with Crippen LogP contribution in [0.2, 0.25) is 0 Å². The topological polar surface area (TPSA) is 85.5 Å². The van der Waals surface area contributed by atoms with E-state index in [9.17, 15) is 10.1 Å². The zero-order chi connectivity index (χ0) is 9.14. The first-order valence-corrected chi connectivity index (χ1v) is 3.02. The number of aromatic nitrogens is 1. The number of pyridine rings is 1. The van der Waals surface area contributed by atoms with Gasteiger partial charge in [0.1, 0.15) is 0 Å². The first-order valence-electron chi connectivity index (χ1n) is 3.02. The molecule has 0 saturated heterocycles. The summed E-state index contributed by atoms with van der Waals surface area (Å²) in [5.74, 6) is -0.375. The van der Waals surface area contributed by atoms with Crippen LogP contribution in [0.1, 0.15) is 0 Å². The molecule has 0 radical (unpaired) electrons. The highest BCUT2D eigenvalue weighted by Crippen LogP contribution is 2.26. The second-order valence-corrected chi connectivity index (χ2v) is 1.97. The summed E-state index contributed by atoms with van der Waals surface area (Å²) < 4.78 is 4.63. The minimum absolute atomic E-state index is 0.0968. The Bertz CT molecular complexity index is 312. The lowest BCUT2D eigenvalue weighted by Gasteiger charge is -1.98. The lowest BCUT2D eigenvalue weighted by Crippen LogP contribution is -1.92. The van der Waals surface area contributed by atoms with Crippen molar-refractivity contribution in [2.24, 2.45) is 0 Å². The molecule has 12 heavy (non-hydrogen) atoms. The monoisotopic (exact) mass is 170 g/mol. The Hall–Kier alpha value is -1.85. The van der Waals surface area contributed by atoms with E-state index in [2.05, 4.69) is 9.72 Å². The van der Waals surface area contributed by atoms with Crippen molar-refractivity contribution < 1.29 is 14.8 Å². The number of nitro groups is 1. The van der Waals surface area contributed by atoms with E-state index in [4.69, 9.17) is 5.11 Å². The molecule has 0 saturated carbocycles. The van der Waals surface area contributed by atoms with Gasteiger partial charge in [-0.2, -0.15) is 0 Å². The smallest absolute Gasteiger partial charge is 0.317 e. The van der Waals surface area contributed by atoms with Crippen molar-refractivity contribution in [1.29, 1.82) is 0 Å². The number of rotatable bonds is 2. The Morgan fingerprint density at radius 1 is 1.75 bits per heavy atom. The molecule has 6 nitrogen and oxygen atoms in total. The first kappa shape index (κ1) is 8.25. The largest absolute Gasteiger partial charge is 0.501 e. The van der Waals surface area contributed by atoms with Crippen LogP contribution >= 0.6 is 0 Å². The molecular weight excluding hydrogens is 164 g/mol. The van der Waals surface area contributed by atoms with E-state index >= 15 is 0 Å². The minimum Gasteiger partial charge on any atom is -0.501 e. The molecule has 0 atom stereocenters. The summed E-state index contributed by atoms with van der Waals surface area (Å²) in [4.78, 5) is 13.1. The summed E-state index contributed by atoms with van der Waals surface area (Å²) in [5.41, 5.74) is -0.415. The highest BCUT2D eigenvalue weighted by Gasteiger charge is 2.14. The van der Waals surface area contributed by atoms with Gasteiger partial charge in [-0.3, -0.25) is 10.1 Å². The van der Waals surface area contributed by atoms with Crippen molar-refractivity contribution in [3.8, 4) is 11.6 Å². The Kier molecular flexibility index (Phi) is 2.09. The summed E-state index contributed by atoms with van der Waals surface area (Å²) in [6.07, 6.45) is 0.969. The quantitative estimate of drug-likeness (QED) is 0.521. The van der Waals surface area contributed by atoms with Gasteiger partial charge in [0.2, 0.25) is 11.6 Å². The van der Waals surface area contributed by atoms with Gasteiger partial charge in [0.25, 0.3) is 0 Å². The predicted molar refractivity (Wildman–Crippen MR) is 39.1 cm³/mol. The van der Waals surface area contributed by atoms with E-state index in [-0.39, 0.29) is 5.88 Å². The van der Waals surface area contributed by atoms with Crippen LogP contribution in [0.25, 0.3) is 0 Å². The van der Waals surface area contributed by atoms with E-state index in [0.717, 1.165) is 12.3 Å². The molecule has 6 heteroatoms. The van der Waals surface area contributed by atoms with Crippen LogP contribution in [0.15, 0.2) is 12.3 Å².